The summed E-state index contributed by atoms with van der Waals surface area (Å²) in [6.07, 6.45) is 4.56. The minimum Gasteiger partial charge on any atom is -0.362 e. The molecule has 0 atom stereocenters. The summed E-state index contributed by atoms with van der Waals surface area (Å²) in [6, 6.07) is 8.72. The molecule has 0 bridgehead atoms. The van der Waals surface area contributed by atoms with Crippen molar-refractivity contribution in [3.8, 4) is 0 Å². The highest BCUT2D eigenvalue weighted by Gasteiger charge is 2.25. The van der Waals surface area contributed by atoms with Gasteiger partial charge >= 0.3 is 0 Å². The Morgan fingerprint density at radius 3 is 2.36 bits per heavy atom. The van der Waals surface area contributed by atoms with Gasteiger partial charge in [0.2, 0.25) is 11.9 Å². The fourth-order valence-electron chi connectivity index (χ4n) is 3.79. The van der Waals surface area contributed by atoms with E-state index in [9.17, 15) is 4.79 Å². The van der Waals surface area contributed by atoms with Gasteiger partial charge in [-0.2, -0.15) is 4.98 Å². The van der Waals surface area contributed by atoms with Crippen LogP contribution in [-0.4, -0.2) is 42.1 Å². The Morgan fingerprint density at radius 1 is 1.07 bits per heavy atom. The molecule has 1 saturated carbocycles. The van der Waals surface area contributed by atoms with E-state index in [1.807, 2.05) is 37.2 Å². The van der Waals surface area contributed by atoms with Crippen LogP contribution in [0, 0.1) is 5.41 Å². The molecular weight excluding hydrogens is 350 g/mol. The number of amides is 1. The van der Waals surface area contributed by atoms with Crippen LogP contribution in [0.1, 0.15) is 52.9 Å². The summed E-state index contributed by atoms with van der Waals surface area (Å²) < 4.78 is 0. The van der Waals surface area contributed by atoms with Crippen molar-refractivity contribution in [1.29, 1.82) is 0 Å². The van der Waals surface area contributed by atoms with Gasteiger partial charge in [0, 0.05) is 38.0 Å². The molecule has 0 unspecified atom stereocenters. The molecule has 0 aliphatic heterocycles. The zero-order valence-corrected chi connectivity index (χ0v) is 17.7. The summed E-state index contributed by atoms with van der Waals surface area (Å²) in [5.74, 6) is 1.77. The highest BCUT2D eigenvalue weighted by atomic mass is 16.1. The first-order valence-electron chi connectivity index (χ1n) is 10.2. The van der Waals surface area contributed by atoms with Gasteiger partial charge in [-0.25, -0.2) is 4.98 Å². The zero-order valence-electron chi connectivity index (χ0n) is 17.7. The lowest BCUT2D eigenvalue weighted by molar-refractivity contribution is -0.123. The molecule has 1 heterocycles. The van der Waals surface area contributed by atoms with E-state index in [0.717, 1.165) is 42.4 Å². The molecule has 0 saturated heterocycles. The van der Waals surface area contributed by atoms with Crippen LogP contribution in [0.2, 0.25) is 0 Å². The van der Waals surface area contributed by atoms with Crippen molar-refractivity contribution in [2.24, 2.45) is 5.41 Å². The summed E-state index contributed by atoms with van der Waals surface area (Å²) >= 11 is 0. The number of para-hydroxylation sites is 1. The molecule has 2 aromatic rings. The average Bonchev–Trinajstić information content (AvgIpc) is 2.61. The van der Waals surface area contributed by atoms with Crippen molar-refractivity contribution in [3.05, 3.63) is 24.3 Å². The van der Waals surface area contributed by atoms with Crippen LogP contribution >= 0.6 is 0 Å². The van der Waals surface area contributed by atoms with Gasteiger partial charge < -0.3 is 15.5 Å². The third-order valence-corrected chi connectivity index (χ3v) is 5.12. The molecule has 1 aliphatic carbocycles. The number of aromatic nitrogens is 2. The lowest BCUT2D eigenvalue weighted by Crippen LogP contribution is -2.41. The van der Waals surface area contributed by atoms with Crippen LogP contribution in [0.25, 0.3) is 10.9 Å². The Morgan fingerprint density at radius 2 is 1.71 bits per heavy atom. The maximum absolute atomic E-state index is 12.2. The number of carbonyl (C=O) groups is 1. The van der Waals surface area contributed by atoms with E-state index >= 15 is 0 Å². The zero-order chi connectivity index (χ0) is 20.3. The van der Waals surface area contributed by atoms with E-state index in [2.05, 4.69) is 37.5 Å². The van der Waals surface area contributed by atoms with Crippen LogP contribution in [0.5, 0.6) is 0 Å². The topological polar surface area (TPSA) is 70.2 Å². The predicted octanol–water partition coefficient (Wildman–Crippen LogP) is 3.97. The maximum atomic E-state index is 12.2. The Kier molecular flexibility index (Phi) is 6.06. The number of nitrogens with zero attached hydrogens (tertiary/aromatic N) is 3. The van der Waals surface area contributed by atoms with E-state index in [-0.39, 0.29) is 17.4 Å². The highest BCUT2D eigenvalue weighted by molar-refractivity contribution is 5.90. The SMILES string of the molecule is CN(C)c1nc(NC2CCC(NC(=O)CC(C)(C)C)CC2)nc2ccccc12. The van der Waals surface area contributed by atoms with Gasteiger partial charge in [-0.3, -0.25) is 4.79 Å². The van der Waals surface area contributed by atoms with Crippen molar-refractivity contribution in [1.82, 2.24) is 15.3 Å². The fraction of sp³-hybridized carbons (Fsp3) is 0.591. The molecule has 6 heteroatoms. The van der Waals surface area contributed by atoms with E-state index in [1.165, 1.54) is 0 Å². The fourth-order valence-corrected chi connectivity index (χ4v) is 3.79. The predicted molar refractivity (Wildman–Crippen MR) is 116 cm³/mol. The molecule has 6 nitrogen and oxygen atoms in total. The number of hydrogen-bond acceptors (Lipinski definition) is 5. The largest absolute Gasteiger partial charge is 0.362 e. The first kappa shape index (κ1) is 20.4. The van der Waals surface area contributed by atoms with Gasteiger partial charge in [-0.05, 0) is 43.2 Å². The van der Waals surface area contributed by atoms with Crippen LogP contribution in [0.3, 0.4) is 0 Å². The Bertz CT molecular complexity index is 819. The number of hydrogen-bond donors (Lipinski definition) is 2. The summed E-state index contributed by atoms with van der Waals surface area (Å²) in [5.41, 5.74) is 0.979. The molecule has 1 aromatic carbocycles. The van der Waals surface area contributed by atoms with E-state index in [4.69, 9.17) is 9.97 Å². The summed E-state index contributed by atoms with van der Waals surface area (Å²) in [6.45, 7) is 6.29. The average molecular weight is 384 g/mol. The lowest BCUT2D eigenvalue weighted by Gasteiger charge is -2.30. The molecule has 3 rings (SSSR count). The summed E-state index contributed by atoms with van der Waals surface area (Å²) in [5, 5.41) is 7.78. The molecule has 1 fully saturated rings. The highest BCUT2D eigenvalue weighted by Crippen LogP contribution is 2.26. The molecular formula is C22H33N5O. The van der Waals surface area contributed by atoms with Gasteiger partial charge in [0.1, 0.15) is 5.82 Å². The first-order chi connectivity index (χ1) is 13.2. The molecule has 2 N–H and O–H groups in total. The number of rotatable bonds is 5. The van der Waals surface area contributed by atoms with E-state index in [0.29, 0.717) is 18.4 Å². The molecule has 1 amide bonds. The number of benzene rings is 1. The normalized spacial score (nSPS) is 20.0. The Balaban J connectivity index is 1.60. The number of anilines is 2. The van der Waals surface area contributed by atoms with Crippen LogP contribution in [0.4, 0.5) is 11.8 Å². The second-order valence-corrected chi connectivity index (χ2v) is 9.28. The van der Waals surface area contributed by atoms with Crippen molar-refractivity contribution in [3.63, 3.8) is 0 Å². The number of fused-ring (bicyclic) bond motifs is 1. The van der Waals surface area contributed by atoms with Gasteiger partial charge in [0.25, 0.3) is 0 Å². The van der Waals surface area contributed by atoms with Gasteiger partial charge in [0.15, 0.2) is 0 Å². The van der Waals surface area contributed by atoms with Gasteiger partial charge in [0.05, 0.1) is 5.52 Å². The maximum Gasteiger partial charge on any atom is 0.225 e. The third-order valence-electron chi connectivity index (χ3n) is 5.12. The van der Waals surface area contributed by atoms with Crippen molar-refractivity contribution >= 4 is 28.6 Å². The molecule has 0 radical (unpaired) electrons. The number of nitrogens with one attached hydrogen (secondary N) is 2. The standard InChI is InChI=1S/C22H33N5O/c1-22(2,3)14-19(28)23-15-10-12-16(13-11-15)24-21-25-18-9-7-6-8-17(18)20(26-21)27(4)5/h6-9,15-16H,10-14H2,1-5H3,(H,23,28)(H,24,25,26). The molecule has 1 aromatic heterocycles. The smallest absolute Gasteiger partial charge is 0.225 e. The van der Waals surface area contributed by atoms with Crippen LogP contribution < -0.4 is 15.5 Å². The molecule has 152 valence electrons. The second kappa shape index (κ2) is 8.33. The van der Waals surface area contributed by atoms with Crippen molar-refractivity contribution in [2.75, 3.05) is 24.3 Å². The Labute approximate surface area is 168 Å². The quantitative estimate of drug-likeness (QED) is 0.817. The molecule has 28 heavy (non-hydrogen) atoms. The van der Waals surface area contributed by atoms with Gasteiger partial charge in [-0.1, -0.05) is 32.9 Å². The molecule has 0 spiro atoms. The van der Waals surface area contributed by atoms with Crippen LogP contribution in [-0.2, 0) is 4.79 Å². The second-order valence-electron chi connectivity index (χ2n) is 9.28. The minimum absolute atomic E-state index is 0.0282. The van der Waals surface area contributed by atoms with E-state index < -0.39 is 0 Å². The summed E-state index contributed by atoms with van der Waals surface area (Å²) in [4.78, 5) is 23.6. The van der Waals surface area contributed by atoms with Crippen LogP contribution in [0.15, 0.2) is 24.3 Å². The summed E-state index contributed by atoms with van der Waals surface area (Å²) in [7, 11) is 4.01. The van der Waals surface area contributed by atoms with E-state index in [1.54, 1.807) is 0 Å². The minimum atomic E-state index is 0.0282. The van der Waals surface area contributed by atoms with Gasteiger partial charge in [-0.15, -0.1) is 0 Å². The monoisotopic (exact) mass is 383 g/mol. The van der Waals surface area contributed by atoms with Crippen molar-refractivity contribution in [2.45, 2.75) is 65.0 Å². The number of carbonyl (C=O) groups excluding carboxylic acids is 1. The third kappa shape index (κ3) is 5.33. The lowest BCUT2D eigenvalue weighted by atomic mass is 9.89. The molecule has 1 aliphatic rings. The first-order valence-corrected chi connectivity index (χ1v) is 10.2. The Hall–Kier alpha value is -2.37. The van der Waals surface area contributed by atoms with Crippen molar-refractivity contribution < 1.29 is 4.79 Å².